The van der Waals surface area contributed by atoms with Crippen molar-refractivity contribution in [3.05, 3.63) is 65.1 Å². The predicted octanol–water partition coefficient (Wildman–Crippen LogP) is 4.26. The van der Waals surface area contributed by atoms with Crippen LogP contribution in [0.1, 0.15) is 64.1 Å². The van der Waals surface area contributed by atoms with Gasteiger partial charge in [0.05, 0.1) is 17.2 Å². The van der Waals surface area contributed by atoms with Crippen LogP contribution < -0.4 is 0 Å². The van der Waals surface area contributed by atoms with Gasteiger partial charge < -0.3 is 9.32 Å². The van der Waals surface area contributed by atoms with Crippen molar-refractivity contribution < 1.29 is 14.0 Å². The number of amides is 1. The molecule has 1 saturated heterocycles. The fourth-order valence-electron chi connectivity index (χ4n) is 4.73. The zero-order chi connectivity index (χ0) is 17.7. The molecule has 2 unspecified atom stereocenters. The van der Waals surface area contributed by atoms with Crippen molar-refractivity contribution in [3.8, 4) is 0 Å². The summed E-state index contributed by atoms with van der Waals surface area (Å²) in [6, 6.07) is 10.7. The Morgan fingerprint density at radius 1 is 1.12 bits per heavy atom. The second kappa shape index (κ2) is 5.97. The van der Waals surface area contributed by atoms with E-state index in [1.165, 1.54) is 17.4 Å². The summed E-state index contributed by atoms with van der Waals surface area (Å²) in [5.41, 5.74) is 3.58. The number of furan rings is 1. The molecule has 3 aliphatic rings. The minimum absolute atomic E-state index is 0.0406. The lowest BCUT2D eigenvalue weighted by Gasteiger charge is -2.34. The summed E-state index contributed by atoms with van der Waals surface area (Å²) in [5, 5.41) is 0. The van der Waals surface area contributed by atoms with Crippen LogP contribution in [0.25, 0.3) is 5.57 Å². The number of carbonyl (C=O) groups is 2. The molecule has 2 aromatic rings. The van der Waals surface area contributed by atoms with E-state index >= 15 is 0 Å². The van der Waals surface area contributed by atoms with Crippen molar-refractivity contribution >= 4 is 17.3 Å². The van der Waals surface area contributed by atoms with Crippen molar-refractivity contribution in [3.63, 3.8) is 0 Å². The van der Waals surface area contributed by atoms with Gasteiger partial charge in [0.15, 0.2) is 5.78 Å². The molecule has 1 aliphatic carbocycles. The van der Waals surface area contributed by atoms with E-state index in [0.717, 1.165) is 32.1 Å². The number of Topliss-reactive ketones (excluding diaryl/α,β-unsaturated/α-hetero) is 1. The maximum atomic E-state index is 13.3. The largest absolute Gasteiger partial charge is 0.468 e. The Hall–Kier alpha value is -2.62. The van der Waals surface area contributed by atoms with Crippen LogP contribution in [0.3, 0.4) is 0 Å². The molecule has 0 radical (unpaired) electrons. The second-order valence-corrected chi connectivity index (χ2v) is 7.50. The maximum absolute atomic E-state index is 13.3. The van der Waals surface area contributed by atoms with Gasteiger partial charge in [0.25, 0.3) is 5.91 Å². The highest BCUT2D eigenvalue weighted by Crippen LogP contribution is 2.40. The molecule has 2 bridgehead atoms. The number of ketones is 1. The lowest BCUT2D eigenvalue weighted by molar-refractivity contribution is 0.0687. The Labute approximate surface area is 152 Å². The van der Waals surface area contributed by atoms with Gasteiger partial charge >= 0.3 is 0 Å². The first-order valence-electron chi connectivity index (χ1n) is 9.44. The number of rotatable bonds is 2. The summed E-state index contributed by atoms with van der Waals surface area (Å²) in [6.45, 7) is 0. The molecule has 3 heterocycles. The molecule has 0 saturated carbocycles. The lowest BCUT2D eigenvalue weighted by atomic mass is 9.91. The summed E-state index contributed by atoms with van der Waals surface area (Å²) in [5.74, 6) is 0.698. The zero-order valence-electron chi connectivity index (χ0n) is 14.6. The predicted molar refractivity (Wildman–Crippen MR) is 98.0 cm³/mol. The van der Waals surface area contributed by atoms with Crippen LogP contribution >= 0.6 is 0 Å². The molecule has 1 amide bonds. The van der Waals surface area contributed by atoms with E-state index in [9.17, 15) is 9.59 Å². The third-order valence-corrected chi connectivity index (χ3v) is 5.96. The fraction of sp³-hybridized carbons (Fsp3) is 0.364. The molecule has 1 aromatic heterocycles. The fourth-order valence-corrected chi connectivity index (χ4v) is 4.73. The van der Waals surface area contributed by atoms with Gasteiger partial charge in [0, 0.05) is 18.9 Å². The Morgan fingerprint density at radius 2 is 1.96 bits per heavy atom. The Kier molecular flexibility index (Phi) is 3.59. The zero-order valence-corrected chi connectivity index (χ0v) is 14.6. The number of hydrogen-bond donors (Lipinski definition) is 0. The van der Waals surface area contributed by atoms with Crippen molar-refractivity contribution in [2.24, 2.45) is 0 Å². The summed E-state index contributed by atoms with van der Waals surface area (Å²) in [4.78, 5) is 27.6. The third kappa shape index (κ3) is 2.36. The Bertz CT molecular complexity index is 909. The molecule has 132 valence electrons. The van der Waals surface area contributed by atoms with Crippen molar-refractivity contribution in [1.82, 2.24) is 4.90 Å². The molecule has 2 atom stereocenters. The standard InChI is InChI=1S/C22H21NO3/c24-19-7-4-8-20-21(19)18(13-26-20)22(25)23-16-9-10-17(23)12-15(11-16)14-5-2-1-3-6-14/h1-3,5-6,11,13,16-17H,4,7-10,12H2. The third-order valence-electron chi connectivity index (χ3n) is 5.96. The van der Waals surface area contributed by atoms with E-state index in [4.69, 9.17) is 4.42 Å². The highest BCUT2D eigenvalue weighted by molar-refractivity contribution is 6.09. The molecule has 4 heteroatoms. The van der Waals surface area contributed by atoms with Crippen LogP contribution in [0.5, 0.6) is 0 Å². The van der Waals surface area contributed by atoms with E-state index in [1.807, 2.05) is 11.0 Å². The number of carbonyl (C=O) groups excluding carboxylic acids is 2. The van der Waals surface area contributed by atoms with Crippen molar-refractivity contribution in [2.45, 2.75) is 50.6 Å². The molecule has 0 N–H and O–H groups in total. The minimum Gasteiger partial charge on any atom is -0.468 e. The molecule has 2 aliphatic heterocycles. The molecule has 26 heavy (non-hydrogen) atoms. The van der Waals surface area contributed by atoms with Crippen molar-refractivity contribution in [2.75, 3.05) is 0 Å². The topological polar surface area (TPSA) is 50.5 Å². The number of fused-ring (bicyclic) bond motifs is 3. The molecular weight excluding hydrogens is 326 g/mol. The maximum Gasteiger partial charge on any atom is 0.258 e. The number of benzene rings is 1. The highest BCUT2D eigenvalue weighted by Gasteiger charge is 2.42. The van der Waals surface area contributed by atoms with Gasteiger partial charge in [-0.25, -0.2) is 0 Å². The SMILES string of the molecule is O=C1CCCc2occ(C(=O)N3C4C=C(c5ccccc5)CC3CC4)c21. The lowest BCUT2D eigenvalue weighted by Crippen LogP contribution is -2.43. The highest BCUT2D eigenvalue weighted by atomic mass is 16.3. The number of hydrogen-bond acceptors (Lipinski definition) is 3. The van der Waals surface area contributed by atoms with Gasteiger partial charge in [-0.05, 0) is 36.8 Å². The van der Waals surface area contributed by atoms with E-state index in [0.29, 0.717) is 23.3 Å². The molecule has 1 aromatic carbocycles. The Morgan fingerprint density at radius 3 is 2.77 bits per heavy atom. The minimum atomic E-state index is -0.0406. The summed E-state index contributed by atoms with van der Waals surface area (Å²) in [6.07, 6.45) is 8.69. The average Bonchev–Trinajstić information content (AvgIpc) is 3.21. The molecule has 5 rings (SSSR count). The average molecular weight is 347 g/mol. The van der Waals surface area contributed by atoms with Crippen LogP contribution in [0, 0.1) is 0 Å². The van der Waals surface area contributed by atoms with E-state index < -0.39 is 0 Å². The first kappa shape index (κ1) is 15.6. The summed E-state index contributed by atoms with van der Waals surface area (Å²) >= 11 is 0. The Balaban J connectivity index is 1.47. The van der Waals surface area contributed by atoms with Crippen molar-refractivity contribution in [1.29, 1.82) is 0 Å². The monoisotopic (exact) mass is 347 g/mol. The van der Waals surface area contributed by atoms with Gasteiger partial charge in [-0.1, -0.05) is 36.4 Å². The number of aryl methyl sites for hydroxylation is 1. The second-order valence-electron chi connectivity index (χ2n) is 7.50. The van der Waals surface area contributed by atoms with Gasteiger partial charge in [0.2, 0.25) is 0 Å². The van der Waals surface area contributed by atoms with Crippen LogP contribution in [0.2, 0.25) is 0 Å². The van der Waals surface area contributed by atoms with Crippen LogP contribution in [0.15, 0.2) is 47.1 Å². The summed E-state index contributed by atoms with van der Waals surface area (Å²) in [7, 11) is 0. The van der Waals surface area contributed by atoms with Crippen LogP contribution in [-0.2, 0) is 6.42 Å². The first-order chi connectivity index (χ1) is 12.7. The normalized spacial score (nSPS) is 24.4. The quantitative estimate of drug-likeness (QED) is 0.816. The summed E-state index contributed by atoms with van der Waals surface area (Å²) < 4.78 is 5.57. The first-order valence-corrected chi connectivity index (χ1v) is 9.44. The molecule has 0 spiro atoms. The van der Waals surface area contributed by atoms with Gasteiger partial charge in [-0.15, -0.1) is 0 Å². The smallest absolute Gasteiger partial charge is 0.258 e. The van der Waals surface area contributed by atoms with E-state index in [2.05, 4.69) is 30.3 Å². The number of nitrogens with zero attached hydrogens (tertiary/aromatic N) is 1. The van der Waals surface area contributed by atoms with E-state index in [-0.39, 0.29) is 23.8 Å². The molecule has 4 nitrogen and oxygen atoms in total. The van der Waals surface area contributed by atoms with E-state index in [1.54, 1.807) is 0 Å². The van der Waals surface area contributed by atoms with Gasteiger partial charge in [-0.2, -0.15) is 0 Å². The van der Waals surface area contributed by atoms with Crippen LogP contribution in [0.4, 0.5) is 0 Å². The van der Waals surface area contributed by atoms with Gasteiger partial charge in [0.1, 0.15) is 12.0 Å². The van der Waals surface area contributed by atoms with Gasteiger partial charge in [-0.3, -0.25) is 9.59 Å². The van der Waals surface area contributed by atoms with Crippen LogP contribution in [-0.4, -0.2) is 28.7 Å². The molecular formula is C22H21NO3. The molecule has 1 fully saturated rings.